The van der Waals surface area contributed by atoms with E-state index in [4.69, 9.17) is 0 Å². The topological polar surface area (TPSA) is 3.24 Å². The number of para-hydroxylation sites is 1. The molecule has 0 N–H and O–H groups in total. The molecule has 0 atom stereocenters. The highest BCUT2D eigenvalue weighted by molar-refractivity contribution is 7.26. The number of nitrogens with zero attached hydrogens (tertiary/aromatic N) is 1. The van der Waals surface area contributed by atoms with Crippen molar-refractivity contribution in [2.75, 3.05) is 4.90 Å². The van der Waals surface area contributed by atoms with Gasteiger partial charge in [0.05, 0.1) is 5.69 Å². The molecule has 0 unspecified atom stereocenters. The van der Waals surface area contributed by atoms with Crippen molar-refractivity contribution in [1.82, 2.24) is 0 Å². The zero-order valence-corrected chi connectivity index (χ0v) is 23.6. The Kier molecular flexibility index (Phi) is 5.13. The molecule has 0 aliphatic rings. The lowest BCUT2D eigenvalue weighted by Crippen LogP contribution is -2.10. The summed E-state index contributed by atoms with van der Waals surface area (Å²) in [6.45, 7) is 0. The van der Waals surface area contributed by atoms with Gasteiger partial charge in [0.15, 0.2) is 0 Å². The number of hydrogen-bond acceptors (Lipinski definition) is 2. The molecular formula is C40H25NS. The fraction of sp³-hybridized carbons (Fsp3) is 0. The van der Waals surface area contributed by atoms with Crippen molar-refractivity contribution in [3.8, 4) is 0 Å². The zero-order chi connectivity index (χ0) is 27.6. The minimum absolute atomic E-state index is 1.15. The monoisotopic (exact) mass is 551 g/mol. The Labute approximate surface area is 247 Å². The van der Waals surface area contributed by atoms with Gasteiger partial charge in [-0.1, -0.05) is 115 Å². The minimum atomic E-state index is 1.15. The van der Waals surface area contributed by atoms with Crippen LogP contribution in [0.5, 0.6) is 0 Å². The Bertz CT molecular complexity index is 2460. The largest absolute Gasteiger partial charge is 0.310 e. The van der Waals surface area contributed by atoms with Crippen molar-refractivity contribution in [3.05, 3.63) is 152 Å². The first-order valence-corrected chi connectivity index (χ1v) is 15.2. The average molecular weight is 552 g/mol. The van der Waals surface area contributed by atoms with E-state index in [1.54, 1.807) is 0 Å². The van der Waals surface area contributed by atoms with E-state index in [-0.39, 0.29) is 0 Å². The van der Waals surface area contributed by atoms with E-state index in [0.29, 0.717) is 0 Å². The Hall–Kier alpha value is -5.18. The molecule has 0 saturated heterocycles. The second-order valence-corrected chi connectivity index (χ2v) is 12.0. The van der Waals surface area contributed by atoms with Crippen molar-refractivity contribution in [3.63, 3.8) is 0 Å². The van der Waals surface area contributed by atoms with Gasteiger partial charge in [-0.2, -0.15) is 0 Å². The normalized spacial score (nSPS) is 11.8. The molecule has 1 aromatic heterocycles. The number of thiophene rings is 1. The lowest BCUT2D eigenvalue weighted by molar-refractivity contribution is 1.31. The third-order valence-electron chi connectivity index (χ3n) is 8.59. The number of fused-ring (bicyclic) bond motifs is 10. The lowest BCUT2D eigenvalue weighted by Gasteiger charge is -2.28. The Morgan fingerprint density at radius 3 is 1.71 bits per heavy atom. The van der Waals surface area contributed by atoms with Gasteiger partial charge in [0.25, 0.3) is 0 Å². The van der Waals surface area contributed by atoms with Gasteiger partial charge < -0.3 is 4.90 Å². The van der Waals surface area contributed by atoms with Crippen molar-refractivity contribution >= 4 is 91.7 Å². The molecular weight excluding hydrogens is 527 g/mol. The molecule has 1 heterocycles. The summed E-state index contributed by atoms with van der Waals surface area (Å²) in [5.74, 6) is 0. The fourth-order valence-electron chi connectivity index (χ4n) is 6.71. The summed E-state index contributed by atoms with van der Waals surface area (Å²) >= 11 is 1.88. The van der Waals surface area contributed by atoms with E-state index < -0.39 is 0 Å². The number of hydrogen-bond donors (Lipinski definition) is 0. The second kappa shape index (κ2) is 9.17. The van der Waals surface area contributed by atoms with E-state index in [9.17, 15) is 0 Å². The van der Waals surface area contributed by atoms with E-state index in [0.717, 1.165) is 11.4 Å². The maximum atomic E-state index is 2.44. The predicted molar refractivity (Wildman–Crippen MR) is 184 cm³/mol. The molecule has 42 heavy (non-hydrogen) atoms. The summed E-state index contributed by atoms with van der Waals surface area (Å²) < 4.78 is 2.63. The van der Waals surface area contributed by atoms with Crippen LogP contribution in [-0.4, -0.2) is 0 Å². The van der Waals surface area contributed by atoms with E-state index in [2.05, 4.69) is 157 Å². The van der Waals surface area contributed by atoms with Crippen molar-refractivity contribution < 1.29 is 0 Å². The molecule has 9 rings (SSSR count). The quantitative estimate of drug-likeness (QED) is 0.197. The van der Waals surface area contributed by atoms with Crippen LogP contribution in [0, 0.1) is 0 Å². The van der Waals surface area contributed by atoms with Gasteiger partial charge in [0.2, 0.25) is 0 Å². The van der Waals surface area contributed by atoms with E-state index in [1.807, 2.05) is 11.3 Å². The third-order valence-corrected chi connectivity index (χ3v) is 9.70. The molecule has 0 aliphatic carbocycles. The molecule has 196 valence electrons. The number of rotatable bonds is 3. The van der Waals surface area contributed by atoms with Crippen LogP contribution in [0.3, 0.4) is 0 Å². The molecule has 0 radical (unpaired) electrons. The lowest BCUT2D eigenvalue weighted by atomic mass is 9.94. The van der Waals surface area contributed by atoms with Gasteiger partial charge in [0, 0.05) is 36.9 Å². The summed E-state index contributed by atoms with van der Waals surface area (Å²) in [5, 5.41) is 12.9. The molecule has 2 heteroatoms. The Morgan fingerprint density at radius 1 is 0.357 bits per heavy atom. The van der Waals surface area contributed by atoms with Gasteiger partial charge in [-0.25, -0.2) is 0 Å². The first-order chi connectivity index (χ1) is 20.8. The molecule has 8 aromatic carbocycles. The highest BCUT2D eigenvalue weighted by Gasteiger charge is 2.19. The van der Waals surface area contributed by atoms with Gasteiger partial charge in [-0.05, 0) is 74.1 Å². The van der Waals surface area contributed by atoms with Crippen LogP contribution in [0.2, 0.25) is 0 Å². The summed E-state index contributed by atoms with van der Waals surface area (Å²) in [6, 6.07) is 55.5. The molecule has 0 spiro atoms. The third kappa shape index (κ3) is 3.49. The maximum absolute atomic E-state index is 2.44. The highest BCUT2D eigenvalue weighted by atomic mass is 32.1. The van der Waals surface area contributed by atoms with Gasteiger partial charge in [-0.3, -0.25) is 0 Å². The van der Waals surface area contributed by atoms with Crippen LogP contribution < -0.4 is 4.90 Å². The Morgan fingerprint density at radius 2 is 0.952 bits per heavy atom. The molecule has 9 aromatic rings. The number of benzene rings is 8. The van der Waals surface area contributed by atoms with Crippen molar-refractivity contribution in [2.24, 2.45) is 0 Å². The molecule has 0 saturated carbocycles. The molecule has 0 fully saturated rings. The first kappa shape index (κ1) is 23.5. The van der Waals surface area contributed by atoms with Crippen LogP contribution in [0.15, 0.2) is 152 Å². The second-order valence-electron chi connectivity index (χ2n) is 10.9. The summed E-state index contributed by atoms with van der Waals surface area (Å²) in [7, 11) is 0. The zero-order valence-electron chi connectivity index (χ0n) is 22.8. The average Bonchev–Trinajstić information content (AvgIpc) is 3.44. The minimum Gasteiger partial charge on any atom is -0.310 e. The first-order valence-electron chi connectivity index (χ1n) is 14.4. The van der Waals surface area contributed by atoms with Gasteiger partial charge >= 0.3 is 0 Å². The van der Waals surface area contributed by atoms with Gasteiger partial charge in [0.1, 0.15) is 0 Å². The fourth-order valence-corrected chi connectivity index (χ4v) is 7.87. The van der Waals surface area contributed by atoms with Gasteiger partial charge in [-0.15, -0.1) is 11.3 Å². The van der Waals surface area contributed by atoms with E-state index in [1.165, 1.54) is 68.9 Å². The predicted octanol–water partition coefficient (Wildman–Crippen LogP) is 12.1. The molecule has 0 aliphatic heterocycles. The summed E-state index contributed by atoms with van der Waals surface area (Å²) in [4.78, 5) is 2.44. The van der Waals surface area contributed by atoms with Crippen LogP contribution in [0.25, 0.3) is 63.3 Å². The Balaban J connectivity index is 1.36. The molecule has 0 bridgehead atoms. The summed E-state index contributed by atoms with van der Waals surface area (Å²) in [5.41, 5.74) is 3.49. The van der Waals surface area contributed by atoms with Crippen LogP contribution in [0.4, 0.5) is 17.1 Å². The van der Waals surface area contributed by atoms with Crippen LogP contribution in [-0.2, 0) is 0 Å². The SMILES string of the molecule is c1ccc(N(c2ccc3c(c2)sc2ccc4ccccc4c23)c2cc3ccccc3c3c2ccc2ccccc23)cc1. The van der Waals surface area contributed by atoms with E-state index >= 15 is 0 Å². The highest BCUT2D eigenvalue weighted by Crippen LogP contribution is 2.46. The maximum Gasteiger partial charge on any atom is 0.0546 e. The van der Waals surface area contributed by atoms with Crippen molar-refractivity contribution in [2.45, 2.75) is 0 Å². The molecule has 1 nitrogen and oxygen atoms in total. The van der Waals surface area contributed by atoms with Crippen LogP contribution >= 0.6 is 11.3 Å². The standard InChI is InChI=1S/C40H25NS/c1-2-13-29(14-3-1)41(30-20-22-35-38(25-30)42-37-23-19-27-11-5-8-16-32(27)40(35)37)36-24-28-12-6-9-17-33(28)39-31-15-7-4-10-26(31)18-21-34(36)39/h1-25H. The van der Waals surface area contributed by atoms with Crippen LogP contribution in [0.1, 0.15) is 0 Å². The molecule has 0 amide bonds. The summed E-state index contributed by atoms with van der Waals surface area (Å²) in [6.07, 6.45) is 0. The van der Waals surface area contributed by atoms with Crippen molar-refractivity contribution in [1.29, 1.82) is 0 Å². The smallest absolute Gasteiger partial charge is 0.0546 e. The number of anilines is 3.